The lowest BCUT2D eigenvalue weighted by Crippen LogP contribution is -2.28. The minimum Gasteiger partial charge on any atom is -0.316 e. The molecule has 1 aliphatic heterocycles. The molecule has 2 rings (SSSR count). The van der Waals surface area contributed by atoms with Gasteiger partial charge in [0, 0.05) is 19.2 Å². The Kier molecular flexibility index (Phi) is 3.79. The molecule has 2 N–H and O–H groups in total. The molecule has 1 fully saturated rings. The zero-order valence-electron chi connectivity index (χ0n) is 10.6. The quantitative estimate of drug-likeness (QED) is 0.760. The highest BCUT2D eigenvalue weighted by atomic mass is 16.2. The Morgan fingerprint density at radius 2 is 1.74 bits per heavy atom. The van der Waals surface area contributed by atoms with Gasteiger partial charge in [0.25, 0.3) is 11.8 Å². The van der Waals surface area contributed by atoms with Crippen LogP contribution in [-0.4, -0.2) is 24.8 Å². The Hall–Kier alpha value is -2.37. The summed E-state index contributed by atoms with van der Waals surface area (Å²) < 4.78 is 0. The number of anilines is 1. The third-order valence-electron chi connectivity index (χ3n) is 3.11. The molecule has 0 unspecified atom stereocenters. The molecule has 1 aliphatic rings. The van der Waals surface area contributed by atoms with Gasteiger partial charge in [0.2, 0.25) is 5.91 Å². The first-order valence-corrected chi connectivity index (χ1v) is 6.01. The SMILES string of the molecule is CN(C(=O)CCC1C(=O)NNC1=O)c1ccccc1. The lowest BCUT2D eigenvalue weighted by atomic mass is 10.0. The summed E-state index contributed by atoms with van der Waals surface area (Å²) in [6.07, 6.45) is 0.366. The molecular formula is C13H15N3O3. The monoisotopic (exact) mass is 261 g/mol. The average molecular weight is 261 g/mol. The number of carbonyl (C=O) groups excluding carboxylic acids is 3. The second kappa shape index (κ2) is 5.51. The predicted octanol–water partition coefficient (Wildman–Crippen LogP) is 0.207. The van der Waals surface area contributed by atoms with Gasteiger partial charge in [0.15, 0.2) is 0 Å². The first-order chi connectivity index (χ1) is 9.09. The van der Waals surface area contributed by atoms with Crippen molar-refractivity contribution in [1.82, 2.24) is 10.9 Å². The number of hydrogen-bond acceptors (Lipinski definition) is 3. The topological polar surface area (TPSA) is 78.5 Å². The molecule has 100 valence electrons. The first-order valence-electron chi connectivity index (χ1n) is 6.01. The lowest BCUT2D eigenvalue weighted by molar-refractivity contribution is -0.128. The summed E-state index contributed by atoms with van der Waals surface area (Å²) in [7, 11) is 1.67. The van der Waals surface area contributed by atoms with Crippen LogP contribution in [0.4, 0.5) is 5.69 Å². The average Bonchev–Trinajstić information content (AvgIpc) is 2.75. The van der Waals surface area contributed by atoms with Crippen LogP contribution in [0.2, 0.25) is 0 Å². The fraction of sp³-hybridized carbons (Fsp3) is 0.308. The molecule has 0 aromatic heterocycles. The molecule has 0 bridgehead atoms. The minimum absolute atomic E-state index is 0.126. The van der Waals surface area contributed by atoms with E-state index in [2.05, 4.69) is 10.9 Å². The van der Waals surface area contributed by atoms with E-state index in [1.54, 1.807) is 7.05 Å². The van der Waals surface area contributed by atoms with Gasteiger partial charge in [-0.15, -0.1) is 0 Å². The van der Waals surface area contributed by atoms with Crippen LogP contribution in [0, 0.1) is 5.92 Å². The molecule has 1 saturated heterocycles. The lowest BCUT2D eigenvalue weighted by Gasteiger charge is -2.17. The number of hydrazine groups is 1. The summed E-state index contributed by atoms with van der Waals surface area (Å²) in [5, 5.41) is 0. The molecule has 0 aliphatic carbocycles. The molecule has 0 atom stereocenters. The number of para-hydroxylation sites is 1. The zero-order valence-corrected chi connectivity index (χ0v) is 10.6. The largest absolute Gasteiger partial charge is 0.316 e. The van der Waals surface area contributed by atoms with Crippen LogP contribution < -0.4 is 15.8 Å². The normalized spacial score (nSPS) is 15.0. The maximum atomic E-state index is 12.0. The van der Waals surface area contributed by atoms with Crippen LogP contribution in [-0.2, 0) is 14.4 Å². The van der Waals surface area contributed by atoms with Gasteiger partial charge < -0.3 is 4.90 Å². The van der Waals surface area contributed by atoms with Crippen LogP contribution in [0.5, 0.6) is 0 Å². The van der Waals surface area contributed by atoms with Gasteiger partial charge in [-0.2, -0.15) is 0 Å². The van der Waals surface area contributed by atoms with Gasteiger partial charge in [-0.1, -0.05) is 18.2 Å². The van der Waals surface area contributed by atoms with Crippen LogP contribution >= 0.6 is 0 Å². The summed E-state index contributed by atoms with van der Waals surface area (Å²) in [5.41, 5.74) is 5.27. The molecular weight excluding hydrogens is 246 g/mol. The van der Waals surface area contributed by atoms with Gasteiger partial charge >= 0.3 is 0 Å². The maximum Gasteiger partial charge on any atom is 0.251 e. The van der Waals surface area contributed by atoms with Crippen molar-refractivity contribution in [2.24, 2.45) is 5.92 Å². The van der Waals surface area contributed by atoms with Crippen molar-refractivity contribution in [3.8, 4) is 0 Å². The van der Waals surface area contributed by atoms with Gasteiger partial charge in [-0.25, -0.2) is 0 Å². The third-order valence-corrected chi connectivity index (χ3v) is 3.11. The van der Waals surface area contributed by atoms with Crippen molar-refractivity contribution in [3.63, 3.8) is 0 Å². The Balaban J connectivity index is 1.91. The van der Waals surface area contributed by atoms with Crippen LogP contribution in [0.1, 0.15) is 12.8 Å². The van der Waals surface area contributed by atoms with Crippen molar-refractivity contribution in [2.75, 3.05) is 11.9 Å². The van der Waals surface area contributed by atoms with Gasteiger partial charge in [-0.05, 0) is 18.6 Å². The fourth-order valence-corrected chi connectivity index (χ4v) is 1.91. The van der Waals surface area contributed by atoms with E-state index in [1.165, 1.54) is 4.90 Å². The highest BCUT2D eigenvalue weighted by Crippen LogP contribution is 2.16. The molecule has 1 aromatic carbocycles. The van der Waals surface area contributed by atoms with E-state index in [1.807, 2.05) is 30.3 Å². The van der Waals surface area contributed by atoms with Crippen LogP contribution in [0.25, 0.3) is 0 Å². The maximum absolute atomic E-state index is 12.0. The summed E-state index contributed by atoms with van der Waals surface area (Å²) >= 11 is 0. The number of nitrogens with one attached hydrogen (secondary N) is 2. The van der Waals surface area contributed by atoms with Gasteiger partial charge in [0.05, 0.1) is 0 Å². The molecule has 0 radical (unpaired) electrons. The second-order valence-electron chi connectivity index (χ2n) is 4.36. The number of nitrogens with zero attached hydrogens (tertiary/aromatic N) is 1. The van der Waals surface area contributed by atoms with E-state index in [9.17, 15) is 14.4 Å². The molecule has 1 heterocycles. The van der Waals surface area contributed by atoms with Crippen molar-refractivity contribution < 1.29 is 14.4 Å². The predicted molar refractivity (Wildman–Crippen MR) is 68.9 cm³/mol. The molecule has 0 spiro atoms. The molecule has 1 aromatic rings. The van der Waals surface area contributed by atoms with Crippen LogP contribution in [0.15, 0.2) is 30.3 Å². The fourth-order valence-electron chi connectivity index (χ4n) is 1.91. The van der Waals surface area contributed by atoms with Crippen molar-refractivity contribution >= 4 is 23.4 Å². The standard InChI is InChI=1S/C13H15N3O3/c1-16(9-5-3-2-4-6-9)11(17)8-7-10-12(18)14-15-13(10)19/h2-6,10H,7-8H2,1H3,(H,14,18)(H,15,19). The zero-order chi connectivity index (χ0) is 13.8. The van der Waals surface area contributed by atoms with E-state index in [4.69, 9.17) is 0 Å². The number of amides is 3. The van der Waals surface area contributed by atoms with Crippen molar-refractivity contribution in [1.29, 1.82) is 0 Å². The Morgan fingerprint density at radius 1 is 1.16 bits per heavy atom. The minimum atomic E-state index is -0.770. The summed E-state index contributed by atoms with van der Waals surface area (Å²) in [6.45, 7) is 0. The van der Waals surface area contributed by atoms with Gasteiger partial charge in [-0.3, -0.25) is 25.2 Å². The summed E-state index contributed by atoms with van der Waals surface area (Å²) in [4.78, 5) is 36.1. The molecule has 3 amide bonds. The Labute approximate surface area is 110 Å². The highest BCUT2D eigenvalue weighted by molar-refractivity contribution is 6.05. The smallest absolute Gasteiger partial charge is 0.251 e. The van der Waals surface area contributed by atoms with Crippen molar-refractivity contribution in [3.05, 3.63) is 30.3 Å². The number of hydrogen-bond donors (Lipinski definition) is 2. The van der Waals surface area contributed by atoms with E-state index in [0.29, 0.717) is 0 Å². The van der Waals surface area contributed by atoms with Gasteiger partial charge in [0.1, 0.15) is 5.92 Å². The highest BCUT2D eigenvalue weighted by Gasteiger charge is 2.33. The number of rotatable bonds is 4. The number of carbonyl (C=O) groups is 3. The van der Waals surface area contributed by atoms with E-state index in [-0.39, 0.29) is 30.6 Å². The van der Waals surface area contributed by atoms with E-state index in [0.717, 1.165) is 5.69 Å². The van der Waals surface area contributed by atoms with E-state index < -0.39 is 5.92 Å². The molecule has 6 heteroatoms. The first kappa shape index (κ1) is 13.1. The van der Waals surface area contributed by atoms with Crippen molar-refractivity contribution in [2.45, 2.75) is 12.8 Å². The van der Waals surface area contributed by atoms with E-state index >= 15 is 0 Å². The molecule has 19 heavy (non-hydrogen) atoms. The van der Waals surface area contributed by atoms with Crippen LogP contribution in [0.3, 0.4) is 0 Å². The Morgan fingerprint density at radius 3 is 2.32 bits per heavy atom. The molecule has 0 saturated carbocycles. The third kappa shape index (κ3) is 2.90. The summed E-state index contributed by atoms with van der Waals surface area (Å²) in [5.74, 6) is -1.65. The summed E-state index contributed by atoms with van der Waals surface area (Å²) in [6, 6.07) is 9.21. The number of benzene rings is 1. The second-order valence-corrected chi connectivity index (χ2v) is 4.36. The Bertz CT molecular complexity index is 485. The molecule has 6 nitrogen and oxygen atoms in total.